The third kappa shape index (κ3) is 4.98. The third-order valence-electron chi connectivity index (χ3n) is 3.34. The fourth-order valence-electron chi connectivity index (χ4n) is 2.16. The van der Waals surface area contributed by atoms with E-state index in [1.807, 2.05) is 30.3 Å². The number of amides is 1. The van der Waals surface area contributed by atoms with Crippen molar-refractivity contribution in [3.63, 3.8) is 0 Å². The summed E-state index contributed by atoms with van der Waals surface area (Å²) in [5, 5.41) is 3.34. The number of benzene rings is 2. The first kappa shape index (κ1) is 18.3. The van der Waals surface area contributed by atoms with Crippen LogP contribution in [0.15, 0.2) is 48.5 Å². The Morgan fingerprint density at radius 1 is 1.08 bits per heavy atom. The van der Waals surface area contributed by atoms with E-state index in [2.05, 4.69) is 5.32 Å². The van der Waals surface area contributed by atoms with Gasteiger partial charge in [0.05, 0.1) is 16.7 Å². The maximum absolute atomic E-state index is 12.4. The van der Waals surface area contributed by atoms with E-state index in [1.165, 1.54) is 12.1 Å². The van der Waals surface area contributed by atoms with Crippen molar-refractivity contribution in [3.8, 4) is 0 Å². The lowest BCUT2D eigenvalue weighted by Gasteiger charge is -2.17. The zero-order valence-electron chi connectivity index (χ0n) is 13.1. The average Bonchev–Trinajstić information content (AvgIpc) is 2.57. The minimum atomic E-state index is -0.783. The van der Waals surface area contributed by atoms with E-state index < -0.39 is 17.9 Å². The Hall–Kier alpha value is -2.04. The molecule has 0 aromatic heterocycles. The van der Waals surface area contributed by atoms with Gasteiger partial charge in [-0.25, -0.2) is 4.79 Å². The van der Waals surface area contributed by atoms with Crippen LogP contribution in [0.5, 0.6) is 0 Å². The van der Waals surface area contributed by atoms with Gasteiger partial charge in [0.2, 0.25) is 0 Å². The Kier molecular flexibility index (Phi) is 6.64. The van der Waals surface area contributed by atoms with Crippen LogP contribution in [-0.4, -0.2) is 24.5 Å². The van der Waals surface area contributed by atoms with E-state index in [-0.39, 0.29) is 11.6 Å². The van der Waals surface area contributed by atoms with E-state index >= 15 is 0 Å². The summed E-state index contributed by atoms with van der Waals surface area (Å²) in [6, 6.07) is 13.2. The molecular weight excluding hydrogens is 349 g/mol. The van der Waals surface area contributed by atoms with Crippen LogP contribution in [0.3, 0.4) is 0 Å². The Bertz CT molecular complexity index is 719. The first-order chi connectivity index (χ1) is 11.5. The van der Waals surface area contributed by atoms with Crippen LogP contribution in [-0.2, 0) is 16.0 Å². The quantitative estimate of drug-likeness (QED) is 0.789. The molecule has 1 atom stereocenters. The van der Waals surface area contributed by atoms with Gasteiger partial charge in [-0.2, -0.15) is 0 Å². The second-order valence-electron chi connectivity index (χ2n) is 5.10. The van der Waals surface area contributed by atoms with Crippen molar-refractivity contribution in [2.45, 2.75) is 19.4 Å². The van der Waals surface area contributed by atoms with Crippen molar-refractivity contribution >= 4 is 35.1 Å². The molecule has 6 heteroatoms. The van der Waals surface area contributed by atoms with Crippen LogP contribution in [0, 0.1) is 0 Å². The summed E-state index contributed by atoms with van der Waals surface area (Å²) in [6.07, 6.45) is 0.340. The van der Waals surface area contributed by atoms with Gasteiger partial charge in [0.25, 0.3) is 5.91 Å². The maximum Gasteiger partial charge on any atom is 0.328 e. The molecule has 0 aliphatic rings. The minimum absolute atomic E-state index is 0.243. The zero-order chi connectivity index (χ0) is 17.5. The first-order valence-corrected chi connectivity index (χ1v) is 8.23. The summed E-state index contributed by atoms with van der Waals surface area (Å²) in [6.45, 7) is 1.96. The molecule has 0 radical (unpaired) electrons. The average molecular weight is 366 g/mol. The highest BCUT2D eigenvalue weighted by molar-refractivity contribution is 6.42. The molecule has 1 amide bonds. The fourth-order valence-corrected chi connectivity index (χ4v) is 2.46. The molecule has 4 nitrogen and oxygen atoms in total. The predicted molar refractivity (Wildman–Crippen MR) is 94.5 cm³/mol. The van der Waals surface area contributed by atoms with Crippen molar-refractivity contribution in [2.24, 2.45) is 0 Å². The largest absolute Gasteiger partial charge is 0.464 e. The topological polar surface area (TPSA) is 55.4 Å². The molecule has 0 bridgehead atoms. The Morgan fingerprint density at radius 2 is 1.79 bits per heavy atom. The monoisotopic (exact) mass is 365 g/mol. The molecule has 1 unspecified atom stereocenters. The van der Waals surface area contributed by atoms with Gasteiger partial charge < -0.3 is 10.1 Å². The van der Waals surface area contributed by atoms with Crippen molar-refractivity contribution in [1.29, 1.82) is 0 Å². The summed E-state index contributed by atoms with van der Waals surface area (Å²) >= 11 is 11.8. The number of ether oxygens (including phenoxy) is 1. The van der Waals surface area contributed by atoms with Crippen molar-refractivity contribution < 1.29 is 14.3 Å². The standard InChI is InChI=1S/C18H17Cl2NO3/c1-2-24-18(23)16(10-12-6-4-3-5-7-12)21-17(22)13-8-9-14(19)15(20)11-13/h3-9,11,16H,2,10H2,1H3,(H,21,22). The van der Waals surface area contributed by atoms with E-state index in [9.17, 15) is 9.59 Å². The highest BCUT2D eigenvalue weighted by atomic mass is 35.5. The second-order valence-corrected chi connectivity index (χ2v) is 5.91. The molecule has 24 heavy (non-hydrogen) atoms. The predicted octanol–water partition coefficient (Wildman–Crippen LogP) is 3.90. The van der Waals surface area contributed by atoms with E-state index in [4.69, 9.17) is 27.9 Å². The highest BCUT2D eigenvalue weighted by Gasteiger charge is 2.23. The molecule has 126 valence electrons. The zero-order valence-corrected chi connectivity index (χ0v) is 14.6. The van der Waals surface area contributed by atoms with Gasteiger partial charge >= 0.3 is 5.97 Å². The number of hydrogen-bond donors (Lipinski definition) is 1. The molecule has 1 N–H and O–H groups in total. The van der Waals surface area contributed by atoms with Gasteiger partial charge in [-0.3, -0.25) is 4.79 Å². The second kappa shape index (κ2) is 8.71. The summed E-state index contributed by atoms with van der Waals surface area (Å²) in [4.78, 5) is 24.5. The van der Waals surface area contributed by atoms with E-state index in [0.717, 1.165) is 5.56 Å². The molecule has 0 saturated heterocycles. The lowest BCUT2D eigenvalue weighted by molar-refractivity contribution is -0.145. The molecule has 0 heterocycles. The molecular formula is C18H17Cl2NO3. The van der Waals surface area contributed by atoms with Crippen LogP contribution < -0.4 is 5.32 Å². The van der Waals surface area contributed by atoms with Crippen LogP contribution >= 0.6 is 23.2 Å². The van der Waals surface area contributed by atoms with Crippen LogP contribution in [0.1, 0.15) is 22.8 Å². The number of halogens is 2. The highest BCUT2D eigenvalue weighted by Crippen LogP contribution is 2.22. The smallest absolute Gasteiger partial charge is 0.328 e. The number of nitrogens with one attached hydrogen (secondary N) is 1. The number of rotatable bonds is 6. The number of esters is 1. The molecule has 2 aromatic carbocycles. The van der Waals surface area contributed by atoms with Crippen molar-refractivity contribution in [2.75, 3.05) is 6.61 Å². The normalized spacial score (nSPS) is 11.6. The fraction of sp³-hybridized carbons (Fsp3) is 0.222. The Morgan fingerprint density at radius 3 is 2.42 bits per heavy atom. The Balaban J connectivity index is 2.15. The summed E-state index contributed by atoms with van der Waals surface area (Å²) in [5.41, 5.74) is 1.25. The van der Waals surface area contributed by atoms with E-state index in [0.29, 0.717) is 17.0 Å². The first-order valence-electron chi connectivity index (χ1n) is 7.47. The maximum atomic E-state index is 12.4. The third-order valence-corrected chi connectivity index (χ3v) is 4.08. The molecule has 0 aliphatic carbocycles. The molecule has 2 rings (SSSR count). The van der Waals surface area contributed by atoms with Crippen molar-refractivity contribution in [3.05, 3.63) is 69.7 Å². The van der Waals surface area contributed by atoms with Crippen LogP contribution in [0.2, 0.25) is 10.0 Å². The lowest BCUT2D eigenvalue weighted by Crippen LogP contribution is -2.43. The number of hydrogen-bond acceptors (Lipinski definition) is 3. The van der Waals surface area contributed by atoms with Gasteiger partial charge in [-0.15, -0.1) is 0 Å². The molecule has 0 fully saturated rings. The molecule has 0 aliphatic heterocycles. The lowest BCUT2D eigenvalue weighted by atomic mass is 10.1. The van der Waals surface area contributed by atoms with Gasteiger partial charge in [-0.1, -0.05) is 53.5 Å². The van der Waals surface area contributed by atoms with Gasteiger partial charge in [-0.05, 0) is 30.7 Å². The van der Waals surface area contributed by atoms with Crippen LogP contribution in [0.25, 0.3) is 0 Å². The Labute approximate surface area is 150 Å². The van der Waals surface area contributed by atoms with Crippen molar-refractivity contribution in [1.82, 2.24) is 5.32 Å². The van der Waals surface area contributed by atoms with Gasteiger partial charge in [0.1, 0.15) is 6.04 Å². The number of carbonyl (C=O) groups excluding carboxylic acids is 2. The minimum Gasteiger partial charge on any atom is -0.464 e. The molecule has 0 spiro atoms. The van der Waals surface area contributed by atoms with Gasteiger partial charge in [0.15, 0.2) is 0 Å². The van der Waals surface area contributed by atoms with Crippen LogP contribution in [0.4, 0.5) is 0 Å². The molecule has 2 aromatic rings. The summed E-state index contributed by atoms with van der Waals surface area (Å²) in [5.74, 6) is -0.891. The molecule has 0 saturated carbocycles. The number of carbonyl (C=O) groups is 2. The summed E-state index contributed by atoms with van der Waals surface area (Å²) in [7, 11) is 0. The SMILES string of the molecule is CCOC(=O)C(Cc1ccccc1)NC(=O)c1ccc(Cl)c(Cl)c1. The van der Waals surface area contributed by atoms with E-state index in [1.54, 1.807) is 13.0 Å². The summed E-state index contributed by atoms with van der Waals surface area (Å²) < 4.78 is 5.06. The van der Waals surface area contributed by atoms with Gasteiger partial charge in [0, 0.05) is 12.0 Å².